The first-order chi connectivity index (χ1) is 21.8. The minimum absolute atomic E-state index is 1.12. The monoisotopic (exact) mass is 618 g/mol. The van der Waals surface area contributed by atoms with Crippen LogP contribution < -0.4 is 10.6 Å². The Hall–Kier alpha value is -0.640. The van der Waals surface area contributed by atoms with Crippen LogP contribution in [0.3, 0.4) is 0 Å². The molecule has 0 aromatic rings. The van der Waals surface area contributed by atoms with E-state index in [9.17, 15) is 0 Å². The molecule has 2 N–H and O–H groups in total. The lowest BCUT2D eigenvalue weighted by molar-refractivity contribution is 0.328. The van der Waals surface area contributed by atoms with E-state index in [1.807, 2.05) is 0 Å². The molecule has 0 aliphatic heterocycles. The number of rotatable bonds is 38. The third-order valence-electron chi connectivity index (χ3n) is 9.07. The van der Waals surface area contributed by atoms with Crippen LogP contribution >= 0.6 is 0 Å². The molecule has 0 aromatic heterocycles. The van der Waals surface area contributed by atoms with Crippen molar-refractivity contribution >= 4 is 0 Å². The van der Waals surface area contributed by atoms with Crippen molar-refractivity contribution in [3.05, 3.63) is 24.3 Å². The summed E-state index contributed by atoms with van der Waals surface area (Å²) in [5.41, 5.74) is 0. The van der Waals surface area contributed by atoms with Gasteiger partial charge in [-0.1, -0.05) is 154 Å². The zero-order valence-electron chi connectivity index (χ0n) is 30.8. The molecule has 0 saturated carbocycles. The molecule has 0 aliphatic carbocycles. The normalized spacial score (nSPS) is 12.1. The Morgan fingerprint density at radius 1 is 0.341 bits per heavy atom. The lowest BCUT2D eigenvalue weighted by atomic mass is 10.1. The summed E-state index contributed by atoms with van der Waals surface area (Å²) in [7, 11) is 2.26. The first kappa shape index (κ1) is 43.4. The highest BCUT2D eigenvalue weighted by atomic mass is 15.1. The number of nitrogens with zero attached hydrogens (tertiary/aromatic N) is 1. The molecule has 0 saturated heterocycles. The molecular weight excluding hydrogens is 534 g/mol. The molecular formula is C41H83N3. The van der Waals surface area contributed by atoms with Crippen molar-refractivity contribution in [2.45, 2.75) is 194 Å². The van der Waals surface area contributed by atoms with Crippen LogP contribution in [0.1, 0.15) is 194 Å². The zero-order chi connectivity index (χ0) is 31.9. The second-order valence-corrected chi connectivity index (χ2v) is 13.7. The maximum absolute atomic E-state index is 3.65. The topological polar surface area (TPSA) is 27.3 Å². The van der Waals surface area contributed by atoms with E-state index in [-0.39, 0.29) is 0 Å². The fourth-order valence-electron chi connectivity index (χ4n) is 5.90. The second-order valence-electron chi connectivity index (χ2n) is 13.7. The van der Waals surface area contributed by atoms with Crippen LogP contribution in [0.4, 0.5) is 0 Å². The standard InChI is InChI=1S/C41H83N3/c1-4-6-8-10-12-14-16-18-20-22-24-26-28-30-32-34-36-42-38-40-44(3)41-39-43-37-35-33-31-29-27-25-23-21-19-17-15-13-11-9-7-5-2/h18-21,42-43H,4-17,22-41H2,1-3H3/b20-18+,21-19+. The van der Waals surface area contributed by atoms with E-state index in [1.165, 1.54) is 193 Å². The summed E-state index contributed by atoms with van der Waals surface area (Å²) in [6.07, 6.45) is 48.5. The van der Waals surface area contributed by atoms with Gasteiger partial charge in [-0.15, -0.1) is 0 Å². The van der Waals surface area contributed by atoms with Gasteiger partial charge in [0.2, 0.25) is 0 Å². The van der Waals surface area contributed by atoms with Gasteiger partial charge in [-0.05, 0) is 84.3 Å². The van der Waals surface area contributed by atoms with Gasteiger partial charge in [0.15, 0.2) is 0 Å². The molecule has 0 heterocycles. The first-order valence-electron chi connectivity index (χ1n) is 20.2. The lowest BCUT2D eigenvalue weighted by Crippen LogP contribution is -2.34. The highest BCUT2D eigenvalue weighted by Crippen LogP contribution is 2.11. The number of likely N-dealkylation sites (N-methyl/N-ethyl adjacent to an activating group) is 1. The first-order valence-corrected chi connectivity index (χ1v) is 20.2. The van der Waals surface area contributed by atoms with Crippen molar-refractivity contribution in [1.82, 2.24) is 15.5 Å². The summed E-state index contributed by atoms with van der Waals surface area (Å²) in [5, 5.41) is 7.31. The van der Waals surface area contributed by atoms with Crippen molar-refractivity contribution in [1.29, 1.82) is 0 Å². The number of hydrogen-bond donors (Lipinski definition) is 2. The van der Waals surface area contributed by atoms with E-state index in [0.717, 1.165) is 26.2 Å². The maximum atomic E-state index is 3.65. The molecule has 0 radical (unpaired) electrons. The quantitative estimate of drug-likeness (QED) is 0.0533. The van der Waals surface area contributed by atoms with Crippen LogP contribution in [0.2, 0.25) is 0 Å². The molecule has 0 amide bonds. The minimum Gasteiger partial charge on any atom is -0.315 e. The lowest BCUT2D eigenvalue weighted by Gasteiger charge is -2.17. The molecule has 0 fully saturated rings. The Kier molecular flexibility index (Phi) is 39.8. The van der Waals surface area contributed by atoms with Crippen LogP contribution in [-0.4, -0.2) is 51.2 Å². The maximum Gasteiger partial charge on any atom is 0.0104 e. The molecule has 0 unspecified atom stereocenters. The van der Waals surface area contributed by atoms with Crippen LogP contribution in [0.15, 0.2) is 24.3 Å². The van der Waals surface area contributed by atoms with Crippen molar-refractivity contribution in [2.75, 3.05) is 46.3 Å². The minimum atomic E-state index is 1.12. The highest BCUT2D eigenvalue weighted by molar-refractivity contribution is 4.82. The summed E-state index contributed by atoms with van der Waals surface area (Å²) in [4.78, 5) is 2.46. The summed E-state index contributed by atoms with van der Waals surface area (Å²) in [6, 6.07) is 0. The third kappa shape index (κ3) is 39.4. The van der Waals surface area contributed by atoms with E-state index in [0.29, 0.717) is 0 Å². The largest absolute Gasteiger partial charge is 0.315 e. The predicted octanol–water partition coefficient (Wildman–Crippen LogP) is 12.2. The highest BCUT2D eigenvalue weighted by Gasteiger charge is 1.98. The molecule has 3 nitrogen and oxygen atoms in total. The van der Waals surface area contributed by atoms with Crippen LogP contribution in [-0.2, 0) is 0 Å². The number of hydrogen-bond acceptors (Lipinski definition) is 3. The van der Waals surface area contributed by atoms with E-state index < -0.39 is 0 Å². The van der Waals surface area contributed by atoms with Gasteiger partial charge in [-0.3, -0.25) is 0 Å². The predicted molar refractivity (Wildman–Crippen MR) is 202 cm³/mol. The second kappa shape index (κ2) is 40.4. The Labute approximate surface area is 279 Å². The molecule has 44 heavy (non-hydrogen) atoms. The number of nitrogens with one attached hydrogen (secondary N) is 2. The molecule has 262 valence electrons. The summed E-state index contributed by atoms with van der Waals surface area (Å²) >= 11 is 0. The van der Waals surface area contributed by atoms with Gasteiger partial charge >= 0.3 is 0 Å². The van der Waals surface area contributed by atoms with Crippen LogP contribution in [0, 0.1) is 0 Å². The SMILES string of the molecule is CCCCCCCC/C=C/CCCCCCCCNCCN(C)CCNCCCCCCCC/C=C/CCCCCCCC. The molecule has 0 aliphatic rings. The van der Waals surface area contributed by atoms with Gasteiger partial charge in [0.1, 0.15) is 0 Å². The Balaban J connectivity index is 3.20. The van der Waals surface area contributed by atoms with Gasteiger partial charge in [0.25, 0.3) is 0 Å². The van der Waals surface area contributed by atoms with Crippen molar-refractivity contribution < 1.29 is 0 Å². The fraction of sp³-hybridized carbons (Fsp3) is 0.902. The number of unbranched alkanes of at least 4 members (excludes halogenated alkanes) is 24. The average molecular weight is 618 g/mol. The molecule has 0 rings (SSSR count). The van der Waals surface area contributed by atoms with Crippen molar-refractivity contribution in [3.63, 3.8) is 0 Å². The van der Waals surface area contributed by atoms with E-state index in [1.54, 1.807) is 0 Å². The van der Waals surface area contributed by atoms with Gasteiger partial charge in [-0.25, -0.2) is 0 Å². The van der Waals surface area contributed by atoms with E-state index in [4.69, 9.17) is 0 Å². The molecule has 0 aromatic carbocycles. The Morgan fingerprint density at radius 2 is 0.614 bits per heavy atom. The van der Waals surface area contributed by atoms with E-state index >= 15 is 0 Å². The van der Waals surface area contributed by atoms with Gasteiger partial charge < -0.3 is 15.5 Å². The molecule has 0 bridgehead atoms. The summed E-state index contributed by atoms with van der Waals surface area (Å²) < 4.78 is 0. The zero-order valence-corrected chi connectivity index (χ0v) is 30.8. The molecule has 3 heteroatoms. The summed E-state index contributed by atoms with van der Waals surface area (Å²) in [6.45, 7) is 11.5. The van der Waals surface area contributed by atoms with Crippen LogP contribution in [0.5, 0.6) is 0 Å². The van der Waals surface area contributed by atoms with Crippen molar-refractivity contribution in [2.24, 2.45) is 0 Å². The van der Waals surface area contributed by atoms with Gasteiger partial charge in [0, 0.05) is 26.2 Å². The third-order valence-corrected chi connectivity index (χ3v) is 9.07. The van der Waals surface area contributed by atoms with E-state index in [2.05, 4.69) is 60.7 Å². The smallest absolute Gasteiger partial charge is 0.0104 e. The number of allylic oxidation sites excluding steroid dienone is 4. The van der Waals surface area contributed by atoms with Crippen molar-refractivity contribution in [3.8, 4) is 0 Å². The molecule has 0 atom stereocenters. The summed E-state index contributed by atoms with van der Waals surface area (Å²) in [5.74, 6) is 0. The molecule has 0 spiro atoms. The van der Waals surface area contributed by atoms with Crippen LogP contribution in [0.25, 0.3) is 0 Å². The fourth-order valence-corrected chi connectivity index (χ4v) is 5.90. The Morgan fingerprint density at radius 3 is 0.932 bits per heavy atom. The van der Waals surface area contributed by atoms with Gasteiger partial charge in [0.05, 0.1) is 0 Å². The van der Waals surface area contributed by atoms with Gasteiger partial charge in [-0.2, -0.15) is 0 Å². The average Bonchev–Trinajstić information content (AvgIpc) is 3.03. The Bertz CT molecular complexity index is 510.